The van der Waals surface area contributed by atoms with E-state index in [-0.39, 0.29) is 0 Å². The molecular weight excluding hydrogens is 420 g/mol. The smallest absolute Gasteiger partial charge is 0.216 e. The Bertz CT molecular complexity index is 1420. The van der Waals surface area contributed by atoms with Crippen LogP contribution in [0.3, 0.4) is 0 Å². The topological polar surface area (TPSA) is 83.9 Å². The highest BCUT2D eigenvalue weighted by Gasteiger charge is 2.12. The number of H-pyrrole nitrogens is 2. The Labute approximate surface area is 189 Å². The number of hydrogen-bond acceptors (Lipinski definition) is 5. The van der Waals surface area contributed by atoms with Crippen LogP contribution in [-0.2, 0) is 0 Å². The summed E-state index contributed by atoms with van der Waals surface area (Å²) in [5, 5.41) is 19.0. The summed E-state index contributed by atoms with van der Waals surface area (Å²) in [5.74, 6) is 2.03. The molecular formula is C24H18N6OS. The van der Waals surface area contributed by atoms with Gasteiger partial charge in [0, 0.05) is 5.56 Å². The Morgan fingerprint density at radius 2 is 1.56 bits per heavy atom. The van der Waals surface area contributed by atoms with Crippen LogP contribution in [0, 0.1) is 4.77 Å². The quantitative estimate of drug-likeness (QED) is 0.264. The average Bonchev–Trinajstić information content (AvgIpc) is 3.46. The third-order valence-corrected chi connectivity index (χ3v) is 4.96. The second kappa shape index (κ2) is 8.83. The third kappa shape index (κ3) is 4.26. The molecule has 32 heavy (non-hydrogen) atoms. The Morgan fingerprint density at radius 3 is 2.38 bits per heavy atom. The first kappa shape index (κ1) is 19.7. The third-order valence-electron chi connectivity index (χ3n) is 4.70. The number of rotatable bonds is 6. The normalized spacial score (nSPS) is 11.1. The maximum atomic E-state index is 5.90. The molecule has 0 atom stereocenters. The van der Waals surface area contributed by atoms with Crippen molar-refractivity contribution in [2.75, 3.05) is 0 Å². The Morgan fingerprint density at radius 1 is 0.812 bits per heavy atom. The Kier molecular flexibility index (Phi) is 5.42. The van der Waals surface area contributed by atoms with E-state index in [0.717, 1.165) is 28.3 Å². The van der Waals surface area contributed by atoms with Crippen LogP contribution in [0.5, 0.6) is 11.5 Å². The monoisotopic (exact) mass is 438 g/mol. The number of aromatic amines is 2. The number of benzene rings is 3. The highest BCUT2D eigenvalue weighted by atomic mass is 32.1. The van der Waals surface area contributed by atoms with Crippen molar-refractivity contribution < 1.29 is 4.74 Å². The van der Waals surface area contributed by atoms with Crippen LogP contribution in [0.25, 0.3) is 22.8 Å². The second-order valence-corrected chi connectivity index (χ2v) is 7.32. The van der Waals surface area contributed by atoms with Gasteiger partial charge >= 0.3 is 0 Å². The molecule has 0 radical (unpaired) electrons. The molecule has 0 unspecified atom stereocenters. The predicted molar refractivity (Wildman–Crippen MR) is 126 cm³/mol. The van der Waals surface area contributed by atoms with E-state index in [2.05, 4.69) is 25.5 Å². The summed E-state index contributed by atoms with van der Waals surface area (Å²) in [5.41, 5.74) is 3.39. The minimum absolute atomic E-state index is 0.379. The van der Waals surface area contributed by atoms with Crippen LogP contribution in [-0.4, -0.2) is 31.3 Å². The minimum atomic E-state index is 0.379. The lowest BCUT2D eigenvalue weighted by atomic mass is 10.1. The van der Waals surface area contributed by atoms with Gasteiger partial charge in [0.25, 0.3) is 0 Å². The molecule has 0 saturated heterocycles. The molecule has 0 aliphatic heterocycles. The minimum Gasteiger partial charge on any atom is -0.457 e. The van der Waals surface area contributed by atoms with Crippen LogP contribution in [0.2, 0.25) is 0 Å². The molecule has 5 aromatic rings. The largest absolute Gasteiger partial charge is 0.457 e. The molecule has 2 heterocycles. The summed E-state index contributed by atoms with van der Waals surface area (Å²) in [6.45, 7) is 0. The molecule has 0 amide bonds. The summed E-state index contributed by atoms with van der Waals surface area (Å²) >= 11 is 5.37. The van der Waals surface area contributed by atoms with Crippen LogP contribution >= 0.6 is 12.2 Å². The van der Waals surface area contributed by atoms with E-state index < -0.39 is 0 Å². The van der Waals surface area contributed by atoms with E-state index >= 15 is 0 Å². The SMILES string of the molecule is S=c1[nH]nc(-c2cc(-c3ccccc3)n[nH]2)n1/N=C/c1cccc(Oc2ccccc2)c1. The first-order valence-electron chi connectivity index (χ1n) is 9.92. The van der Waals surface area contributed by atoms with Crippen molar-refractivity contribution in [3.05, 3.63) is 101 Å². The Hall–Kier alpha value is -4.30. The first-order valence-corrected chi connectivity index (χ1v) is 10.3. The molecule has 3 aromatic carbocycles. The summed E-state index contributed by atoms with van der Waals surface area (Å²) in [6, 6.07) is 29.1. The standard InChI is InChI=1S/C24H18N6OS/c32-24-29-28-23(22-15-21(26-27-22)18-9-3-1-4-10-18)30(24)25-16-17-8-7-13-20(14-17)31-19-11-5-2-6-12-19/h1-16H,(H,26,27)(H,29,32)/b25-16+. The van der Waals surface area contributed by atoms with Gasteiger partial charge in [0.2, 0.25) is 10.6 Å². The summed E-state index contributed by atoms with van der Waals surface area (Å²) in [6.07, 6.45) is 1.71. The molecule has 0 saturated carbocycles. The maximum Gasteiger partial charge on any atom is 0.216 e. The van der Waals surface area contributed by atoms with Gasteiger partial charge in [0.1, 0.15) is 17.2 Å². The van der Waals surface area contributed by atoms with E-state index in [9.17, 15) is 0 Å². The van der Waals surface area contributed by atoms with Crippen LogP contribution < -0.4 is 4.74 Å². The number of ether oxygens (including phenoxy) is 1. The van der Waals surface area contributed by atoms with E-state index in [0.29, 0.717) is 16.3 Å². The lowest BCUT2D eigenvalue weighted by Crippen LogP contribution is -1.95. The van der Waals surface area contributed by atoms with Gasteiger partial charge in [0.15, 0.2) is 0 Å². The van der Waals surface area contributed by atoms with Crippen molar-refractivity contribution in [2.24, 2.45) is 5.10 Å². The zero-order chi connectivity index (χ0) is 21.8. The van der Waals surface area contributed by atoms with Gasteiger partial charge in [-0.1, -0.05) is 60.7 Å². The average molecular weight is 439 g/mol. The molecule has 0 spiro atoms. The van der Waals surface area contributed by atoms with Crippen molar-refractivity contribution in [3.63, 3.8) is 0 Å². The van der Waals surface area contributed by atoms with Gasteiger partial charge in [-0.15, -0.1) is 0 Å². The van der Waals surface area contributed by atoms with Crippen molar-refractivity contribution in [3.8, 4) is 34.3 Å². The van der Waals surface area contributed by atoms with Gasteiger partial charge in [-0.3, -0.25) is 5.10 Å². The number of aromatic nitrogens is 5. The van der Waals surface area contributed by atoms with Gasteiger partial charge in [-0.05, 0) is 48.1 Å². The lowest BCUT2D eigenvalue weighted by molar-refractivity contribution is 0.482. The molecule has 156 valence electrons. The van der Waals surface area contributed by atoms with Crippen molar-refractivity contribution in [1.82, 2.24) is 25.1 Å². The number of nitrogens with one attached hydrogen (secondary N) is 2. The molecule has 2 aromatic heterocycles. The van der Waals surface area contributed by atoms with Crippen LogP contribution in [0.1, 0.15) is 5.56 Å². The highest BCUT2D eigenvalue weighted by molar-refractivity contribution is 7.71. The molecule has 0 aliphatic rings. The molecule has 2 N–H and O–H groups in total. The van der Waals surface area contributed by atoms with Crippen molar-refractivity contribution in [1.29, 1.82) is 0 Å². The first-order chi connectivity index (χ1) is 15.8. The van der Waals surface area contributed by atoms with Gasteiger partial charge in [-0.2, -0.15) is 20.0 Å². The molecule has 0 fully saturated rings. The van der Waals surface area contributed by atoms with E-state index in [1.807, 2.05) is 91.0 Å². The fraction of sp³-hybridized carbons (Fsp3) is 0. The lowest BCUT2D eigenvalue weighted by Gasteiger charge is -2.05. The fourth-order valence-electron chi connectivity index (χ4n) is 3.17. The molecule has 5 rings (SSSR count). The van der Waals surface area contributed by atoms with Crippen molar-refractivity contribution >= 4 is 18.4 Å². The second-order valence-electron chi connectivity index (χ2n) is 6.93. The molecule has 0 aliphatic carbocycles. The van der Waals surface area contributed by atoms with Crippen molar-refractivity contribution in [2.45, 2.75) is 0 Å². The summed E-state index contributed by atoms with van der Waals surface area (Å²) in [4.78, 5) is 0. The molecule has 8 heteroatoms. The van der Waals surface area contributed by atoms with Gasteiger partial charge < -0.3 is 4.74 Å². The van der Waals surface area contributed by atoms with E-state index in [1.165, 1.54) is 0 Å². The molecule has 0 bridgehead atoms. The zero-order valence-corrected chi connectivity index (χ0v) is 17.7. The molecule has 7 nitrogen and oxygen atoms in total. The summed E-state index contributed by atoms with van der Waals surface area (Å²) in [7, 11) is 0. The number of para-hydroxylation sites is 1. The van der Waals surface area contributed by atoms with E-state index in [1.54, 1.807) is 10.9 Å². The van der Waals surface area contributed by atoms with Crippen LogP contribution in [0.4, 0.5) is 0 Å². The number of nitrogens with zero attached hydrogens (tertiary/aromatic N) is 4. The maximum absolute atomic E-state index is 5.90. The zero-order valence-electron chi connectivity index (χ0n) is 16.8. The number of hydrogen-bond donors (Lipinski definition) is 2. The van der Waals surface area contributed by atoms with Gasteiger partial charge in [-0.25, -0.2) is 5.10 Å². The van der Waals surface area contributed by atoms with E-state index in [4.69, 9.17) is 17.0 Å². The van der Waals surface area contributed by atoms with Crippen LogP contribution in [0.15, 0.2) is 96.1 Å². The Balaban J connectivity index is 1.40. The predicted octanol–water partition coefficient (Wildman–Crippen LogP) is 5.67. The highest BCUT2D eigenvalue weighted by Crippen LogP contribution is 2.23. The summed E-state index contributed by atoms with van der Waals surface area (Å²) < 4.78 is 7.83. The van der Waals surface area contributed by atoms with Gasteiger partial charge in [0.05, 0.1) is 11.9 Å². The fourth-order valence-corrected chi connectivity index (χ4v) is 3.35.